The van der Waals surface area contributed by atoms with Crippen molar-refractivity contribution in [3.8, 4) is 17.2 Å². The van der Waals surface area contributed by atoms with Crippen molar-refractivity contribution in [2.24, 2.45) is 0 Å². The van der Waals surface area contributed by atoms with E-state index in [9.17, 15) is 4.79 Å². The second-order valence-electron chi connectivity index (χ2n) is 5.25. The molecule has 1 atom stereocenters. The Morgan fingerprint density at radius 3 is 2.40 bits per heavy atom. The monoisotopic (exact) mass is 361 g/mol. The molecule has 2 aromatic carbocycles. The van der Waals surface area contributed by atoms with Crippen molar-refractivity contribution in [3.05, 3.63) is 48.5 Å². The van der Waals surface area contributed by atoms with E-state index in [0.29, 0.717) is 18.9 Å². The molecule has 134 valence electrons. The molecule has 0 spiro atoms. The van der Waals surface area contributed by atoms with Gasteiger partial charge in [0.25, 0.3) is 0 Å². The summed E-state index contributed by atoms with van der Waals surface area (Å²) in [6, 6.07) is 15.0. The van der Waals surface area contributed by atoms with E-state index in [1.54, 1.807) is 14.2 Å². The molecule has 2 rings (SSSR count). The molecule has 0 aliphatic carbocycles. The van der Waals surface area contributed by atoms with E-state index in [1.165, 1.54) is 11.8 Å². The highest BCUT2D eigenvalue weighted by molar-refractivity contribution is 8.00. The van der Waals surface area contributed by atoms with Crippen LogP contribution < -0.4 is 19.5 Å². The van der Waals surface area contributed by atoms with Crippen LogP contribution in [0.15, 0.2) is 53.4 Å². The number of ether oxygens (including phenoxy) is 3. The molecular formula is C19H23NO4S. The maximum absolute atomic E-state index is 12.2. The van der Waals surface area contributed by atoms with Crippen molar-refractivity contribution in [1.82, 2.24) is 5.32 Å². The molecule has 0 aromatic heterocycles. The first-order valence-corrected chi connectivity index (χ1v) is 8.85. The average Bonchev–Trinajstić information content (AvgIpc) is 2.65. The van der Waals surface area contributed by atoms with Gasteiger partial charge in [-0.05, 0) is 43.3 Å². The quantitative estimate of drug-likeness (QED) is 0.548. The van der Waals surface area contributed by atoms with E-state index in [-0.39, 0.29) is 11.2 Å². The SMILES string of the molecule is COc1ccc(S[C@@H](C)C(=O)NCCOc2cccc(OC)c2)cc1. The van der Waals surface area contributed by atoms with Crippen molar-refractivity contribution < 1.29 is 19.0 Å². The molecule has 6 heteroatoms. The summed E-state index contributed by atoms with van der Waals surface area (Å²) in [5, 5.41) is 2.69. The third-order valence-electron chi connectivity index (χ3n) is 3.45. The van der Waals surface area contributed by atoms with Gasteiger partial charge in [0, 0.05) is 11.0 Å². The second-order valence-corrected chi connectivity index (χ2v) is 6.67. The predicted octanol–water partition coefficient (Wildman–Crippen LogP) is 3.38. The van der Waals surface area contributed by atoms with Gasteiger partial charge < -0.3 is 19.5 Å². The third kappa shape index (κ3) is 6.23. The number of nitrogens with one attached hydrogen (secondary N) is 1. The fourth-order valence-corrected chi connectivity index (χ4v) is 2.98. The number of methoxy groups -OCH3 is 2. The topological polar surface area (TPSA) is 56.8 Å². The number of carbonyl (C=O) groups excluding carboxylic acids is 1. The summed E-state index contributed by atoms with van der Waals surface area (Å²) in [6.07, 6.45) is 0. The summed E-state index contributed by atoms with van der Waals surface area (Å²) in [5.41, 5.74) is 0. The molecule has 5 nitrogen and oxygen atoms in total. The molecule has 0 unspecified atom stereocenters. The number of thioether (sulfide) groups is 1. The molecule has 0 radical (unpaired) electrons. The number of hydrogen-bond acceptors (Lipinski definition) is 5. The Morgan fingerprint density at radius 1 is 1.04 bits per heavy atom. The van der Waals surface area contributed by atoms with Crippen LogP contribution in [-0.2, 0) is 4.79 Å². The first kappa shape index (κ1) is 19.0. The van der Waals surface area contributed by atoms with Crippen LogP contribution in [0.4, 0.5) is 0 Å². The summed E-state index contributed by atoms with van der Waals surface area (Å²) >= 11 is 1.51. The van der Waals surface area contributed by atoms with Crippen molar-refractivity contribution in [3.63, 3.8) is 0 Å². The molecule has 0 saturated heterocycles. The van der Waals surface area contributed by atoms with Crippen LogP contribution in [0.2, 0.25) is 0 Å². The van der Waals surface area contributed by atoms with Gasteiger partial charge in [-0.2, -0.15) is 0 Å². The van der Waals surface area contributed by atoms with Gasteiger partial charge in [-0.15, -0.1) is 11.8 Å². The number of rotatable bonds is 9. The number of hydrogen-bond donors (Lipinski definition) is 1. The molecule has 0 bridgehead atoms. The number of amides is 1. The highest BCUT2D eigenvalue weighted by atomic mass is 32.2. The van der Waals surface area contributed by atoms with Crippen LogP contribution >= 0.6 is 11.8 Å². The summed E-state index contributed by atoms with van der Waals surface area (Å²) in [7, 11) is 3.24. The lowest BCUT2D eigenvalue weighted by molar-refractivity contribution is -0.120. The third-order valence-corrected chi connectivity index (χ3v) is 4.56. The Hall–Kier alpha value is -2.34. The van der Waals surface area contributed by atoms with Gasteiger partial charge >= 0.3 is 0 Å². The smallest absolute Gasteiger partial charge is 0.233 e. The predicted molar refractivity (Wildman–Crippen MR) is 99.8 cm³/mol. The van der Waals surface area contributed by atoms with Crippen molar-refractivity contribution in [1.29, 1.82) is 0 Å². The second kappa shape index (κ2) is 9.84. The molecule has 1 N–H and O–H groups in total. The Morgan fingerprint density at radius 2 is 1.72 bits per heavy atom. The summed E-state index contributed by atoms with van der Waals surface area (Å²) in [5.74, 6) is 2.24. The first-order valence-electron chi connectivity index (χ1n) is 7.97. The Kier molecular flexibility index (Phi) is 7.47. The zero-order chi connectivity index (χ0) is 18.1. The van der Waals surface area contributed by atoms with Gasteiger partial charge in [-0.25, -0.2) is 0 Å². The van der Waals surface area contributed by atoms with Crippen molar-refractivity contribution in [2.75, 3.05) is 27.4 Å². The normalized spacial score (nSPS) is 11.5. The Labute approximate surface area is 152 Å². The first-order chi connectivity index (χ1) is 12.1. The van der Waals surface area contributed by atoms with Crippen LogP contribution in [0.25, 0.3) is 0 Å². The molecule has 25 heavy (non-hydrogen) atoms. The minimum atomic E-state index is -0.190. The summed E-state index contributed by atoms with van der Waals surface area (Å²) in [4.78, 5) is 13.2. The zero-order valence-corrected chi connectivity index (χ0v) is 15.5. The lowest BCUT2D eigenvalue weighted by atomic mass is 10.3. The van der Waals surface area contributed by atoms with Crippen LogP contribution in [-0.4, -0.2) is 38.5 Å². The molecule has 0 aliphatic heterocycles. The van der Waals surface area contributed by atoms with Gasteiger partial charge in [0.1, 0.15) is 23.9 Å². The summed E-state index contributed by atoms with van der Waals surface area (Å²) in [6.45, 7) is 2.73. The van der Waals surface area contributed by atoms with Crippen LogP contribution in [0.5, 0.6) is 17.2 Å². The van der Waals surface area contributed by atoms with E-state index >= 15 is 0 Å². The lowest BCUT2D eigenvalue weighted by Gasteiger charge is -2.13. The van der Waals surface area contributed by atoms with Gasteiger partial charge in [0.15, 0.2) is 0 Å². The molecule has 0 saturated carbocycles. The molecule has 0 fully saturated rings. The lowest BCUT2D eigenvalue weighted by Crippen LogP contribution is -2.33. The van der Waals surface area contributed by atoms with Crippen LogP contribution in [0.1, 0.15) is 6.92 Å². The summed E-state index contributed by atoms with van der Waals surface area (Å²) < 4.78 is 15.9. The fraction of sp³-hybridized carbons (Fsp3) is 0.316. The Bertz CT molecular complexity index is 675. The van der Waals surface area contributed by atoms with E-state index in [1.807, 2.05) is 55.5 Å². The largest absolute Gasteiger partial charge is 0.497 e. The van der Waals surface area contributed by atoms with Gasteiger partial charge in [-0.3, -0.25) is 4.79 Å². The minimum absolute atomic E-state index is 0.0185. The Balaban J connectivity index is 1.71. The van der Waals surface area contributed by atoms with E-state index < -0.39 is 0 Å². The molecule has 1 amide bonds. The van der Waals surface area contributed by atoms with Crippen molar-refractivity contribution >= 4 is 17.7 Å². The standard InChI is InChI=1S/C19H23NO4S/c1-14(25-18-9-7-15(22-2)8-10-18)19(21)20-11-12-24-17-6-4-5-16(13-17)23-3/h4-10,13-14H,11-12H2,1-3H3,(H,20,21)/t14-/m0/s1. The van der Waals surface area contributed by atoms with E-state index in [2.05, 4.69) is 5.32 Å². The highest BCUT2D eigenvalue weighted by Crippen LogP contribution is 2.25. The average molecular weight is 361 g/mol. The maximum Gasteiger partial charge on any atom is 0.233 e. The van der Waals surface area contributed by atoms with Crippen LogP contribution in [0.3, 0.4) is 0 Å². The molecule has 0 heterocycles. The molecular weight excluding hydrogens is 338 g/mol. The van der Waals surface area contributed by atoms with E-state index in [4.69, 9.17) is 14.2 Å². The van der Waals surface area contributed by atoms with Crippen molar-refractivity contribution in [2.45, 2.75) is 17.1 Å². The zero-order valence-electron chi connectivity index (χ0n) is 14.7. The van der Waals surface area contributed by atoms with Gasteiger partial charge in [-0.1, -0.05) is 6.07 Å². The van der Waals surface area contributed by atoms with Gasteiger partial charge in [0.05, 0.1) is 26.0 Å². The fourth-order valence-electron chi connectivity index (χ4n) is 2.09. The minimum Gasteiger partial charge on any atom is -0.497 e. The molecule has 2 aromatic rings. The molecule has 0 aliphatic rings. The van der Waals surface area contributed by atoms with Crippen LogP contribution in [0, 0.1) is 0 Å². The number of benzene rings is 2. The maximum atomic E-state index is 12.2. The van der Waals surface area contributed by atoms with E-state index in [0.717, 1.165) is 16.4 Å². The number of carbonyl (C=O) groups is 1. The van der Waals surface area contributed by atoms with Gasteiger partial charge in [0.2, 0.25) is 5.91 Å². The highest BCUT2D eigenvalue weighted by Gasteiger charge is 2.13.